The molecule has 170 valence electrons. The second kappa shape index (κ2) is 8.94. The molecule has 4 aromatic rings. The largest absolute Gasteiger partial charge is 0.417 e. The van der Waals surface area contributed by atoms with Gasteiger partial charge in [0.1, 0.15) is 23.3 Å². The van der Waals surface area contributed by atoms with Crippen molar-refractivity contribution in [1.82, 2.24) is 4.57 Å². The maximum absolute atomic E-state index is 14.3. The number of nitriles is 1. The van der Waals surface area contributed by atoms with E-state index in [0.717, 1.165) is 22.3 Å². The molecule has 4 rings (SSSR count). The second-order valence-corrected chi connectivity index (χ2v) is 7.50. The molecule has 0 atom stereocenters. The van der Waals surface area contributed by atoms with Gasteiger partial charge in [0.05, 0.1) is 17.8 Å². The van der Waals surface area contributed by atoms with Crippen LogP contribution in [-0.2, 0) is 12.7 Å². The van der Waals surface area contributed by atoms with Gasteiger partial charge < -0.3 is 4.57 Å². The van der Waals surface area contributed by atoms with Gasteiger partial charge >= 0.3 is 6.18 Å². The molecule has 0 spiro atoms. The SMILES string of the molecule is N#Cc1c(C(F)(F)F)cc(-c2cccc(-c3ccccc3)c2)n(Cc2ccc(F)cc2F)c1=O. The molecule has 0 bridgehead atoms. The highest BCUT2D eigenvalue weighted by atomic mass is 19.4. The van der Waals surface area contributed by atoms with Crippen molar-refractivity contribution in [3.63, 3.8) is 0 Å². The van der Waals surface area contributed by atoms with Crippen molar-refractivity contribution in [2.45, 2.75) is 12.7 Å². The summed E-state index contributed by atoms with van der Waals surface area (Å²) in [6, 6.07) is 20.3. The van der Waals surface area contributed by atoms with E-state index < -0.39 is 41.0 Å². The first kappa shape index (κ1) is 22.9. The highest BCUT2D eigenvalue weighted by Gasteiger charge is 2.36. The normalized spacial score (nSPS) is 11.3. The van der Waals surface area contributed by atoms with Gasteiger partial charge in [-0.3, -0.25) is 4.79 Å². The number of aromatic nitrogens is 1. The number of halogens is 5. The molecular formula is C26H15F5N2O. The number of hydrogen-bond acceptors (Lipinski definition) is 2. The number of pyridine rings is 1. The lowest BCUT2D eigenvalue weighted by atomic mass is 9.99. The predicted octanol–water partition coefficient (Wildman–Crippen LogP) is 6.40. The Labute approximate surface area is 191 Å². The Kier molecular flexibility index (Phi) is 6.03. The fraction of sp³-hybridized carbons (Fsp3) is 0.0769. The lowest BCUT2D eigenvalue weighted by Crippen LogP contribution is -2.29. The summed E-state index contributed by atoms with van der Waals surface area (Å²) in [5, 5.41) is 9.31. The monoisotopic (exact) mass is 466 g/mol. The molecule has 0 N–H and O–H groups in total. The summed E-state index contributed by atoms with van der Waals surface area (Å²) in [7, 11) is 0. The fourth-order valence-corrected chi connectivity index (χ4v) is 3.68. The van der Waals surface area contributed by atoms with E-state index in [2.05, 4.69) is 0 Å². The summed E-state index contributed by atoms with van der Waals surface area (Å²) >= 11 is 0. The van der Waals surface area contributed by atoms with Crippen molar-refractivity contribution in [1.29, 1.82) is 5.26 Å². The molecule has 0 radical (unpaired) electrons. The van der Waals surface area contributed by atoms with Crippen LogP contribution in [0.1, 0.15) is 16.7 Å². The van der Waals surface area contributed by atoms with E-state index in [1.54, 1.807) is 30.3 Å². The lowest BCUT2D eigenvalue weighted by Gasteiger charge is -2.18. The predicted molar refractivity (Wildman–Crippen MR) is 117 cm³/mol. The van der Waals surface area contributed by atoms with E-state index in [0.29, 0.717) is 17.7 Å². The van der Waals surface area contributed by atoms with Crippen LogP contribution in [0.4, 0.5) is 22.0 Å². The zero-order chi connectivity index (χ0) is 24.5. The van der Waals surface area contributed by atoms with Gasteiger partial charge in [0, 0.05) is 11.6 Å². The molecule has 0 saturated carbocycles. The van der Waals surface area contributed by atoms with Gasteiger partial charge in [0.25, 0.3) is 5.56 Å². The Hall–Kier alpha value is -4.25. The van der Waals surface area contributed by atoms with Crippen LogP contribution in [0.25, 0.3) is 22.4 Å². The molecule has 0 amide bonds. The Balaban J connectivity index is 1.98. The maximum atomic E-state index is 14.3. The molecule has 0 aliphatic heterocycles. The Bertz CT molecular complexity index is 1470. The standard InChI is InChI=1S/C26H15F5N2O/c27-20-10-9-19(23(28)12-20)15-33-24(13-22(26(29,30)31)21(14-32)25(33)34)18-8-4-7-17(11-18)16-5-2-1-3-6-16/h1-13H,15H2. The van der Waals surface area contributed by atoms with Crippen molar-refractivity contribution in [2.24, 2.45) is 0 Å². The van der Waals surface area contributed by atoms with Crippen LogP contribution in [0.2, 0.25) is 0 Å². The summed E-state index contributed by atoms with van der Waals surface area (Å²) in [6.07, 6.45) is -4.96. The average molecular weight is 466 g/mol. The minimum absolute atomic E-state index is 0.118. The van der Waals surface area contributed by atoms with E-state index >= 15 is 0 Å². The third-order valence-corrected chi connectivity index (χ3v) is 5.33. The Morgan fingerprint density at radius 2 is 1.50 bits per heavy atom. The topological polar surface area (TPSA) is 45.8 Å². The zero-order valence-corrected chi connectivity index (χ0v) is 17.4. The Morgan fingerprint density at radius 3 is 2.15 bits per heavy atom. The smallest absolute Gasteiger partial charge is 0.303 e. The minimum Gasteiger partial charge on any atom is -0.303 e. The molecule has 1 heterocycles. The van der Waals surface area contributed by atoms with Crippen LogP contribution in [0.5, 0.6) is 0 Å². The molecule has 3 aromatic carbocycles. The van der Waals surface area contributed by atoms with Gasteiger partial charge in [0.15, 0.2) is 0 Å². The second-order valence-electron chi connectivity index (χ2n) is 7.50. The van der Waals surface area contributed by atoms with Gasteiger partial charge in [-0.15, -0.1) is 0 Å². The summed E-state index contributed by atoms with van der Waals surface area (Å²) in [4.78, 5) is 13.0. The number of benzene rings is 3. The minimum atomic E-state index is -4.96. The van der Waals surface area contributed by atoms with E-state index in [1.165, 1.54) is 12.1 Å². The van der Waals surface area contributed by atoms with Gasteiger partial charge in [0.2, 0.25) is 0 Å². The van der Waals surface area contributed by atoms with E-state index in [9.17, 15) is 32.0 Å². The number of alkyl halides is 3. The van der Waals surface area contributed by atoms with E-state index in [4.69, 9.17) is 0 Å². The molecular weight excluding hydrogens is 451 g/mol. The highest BCUT2D eigenvalue weighted by Crippen LogP contribution is 2.34. The zero-order valence-electron chi connectivity index (χ0n) is 17.4. The summed E-state index contributed by atoms with van der Waals surface area (Å²) in [6.45, 7) is -0.497. The van der Waals surface area contributed by atoms with Gasteiger partial charge in [-0.25, -0.2) is 8.78 Å². The quantitative estimate of drug-likeness (QED) is 0.327. The molecule has 0 saturated heterocycles. The number of hydrogen-bond donors (Lipinski definition) is 0. The van der Waals surface area contributed by atoms with Crippen LogP contribution in [0.15, 0.2) is 83.7 Å². The van der Waals surface area contributed by atoms with Crippen LogP contribution in [0, 0.1) is 23.0 Å². The summed E-state index contributed by atoms with van der Waals surface area (Å²) in [5.41, 5.74) is -2.23. The van der Waals surface area contributed by atoms with E-state index in [1.807, 2.05) is 18.2 Å². The van der Waals surface area contributed by atoms with Crippen molar-refractivity contribution >= 4 is 0 Å². The molecule has 0 aliphatic carbocycles. The maximum Gasteiger partial charge on any atom is 0.417 e. The van der Waals surface area contributed by atoms with Crippen molar-refractivity contribution in [2.75, 3.05) is 0 Å². The van der Waals surface area contributed by atoms with E-state index in [-0.39, 0.29) is 16.8 Å². The Morgan fingerprint density at radius 1 is 0.824 bits per heavy atom. The molecule has 34 heavy (non-hydrogen) atoms. The molecule has 0 aliphatic rings. The first-order valence-electron chi connectivity index (χ1n) is 10.0. The van der Waals surface area contributed by atoms with Crippen LogP contribution in [-0.4, -0.2) is 4.57 Å². The van der Waals surface area contributed by atoms with Crippen LogP contribution < -0.4 is 5.56 Å². The molecule has 8 heteroatoms. The fourth-order valence-electron chi connectivity index (χ4n) is 3.68. The summed E-state index contributed by atoms with van der Waals surface area (Å²) in [5.74, 6) is -1.80. The van der Waals surface area contributed by atoms with Gasteiger partial charge in [-0.2, -0.15) is 18.4 Å². The molecule has 3 nitrogen and oxygen atoms in total. The highest BCUT2D eigenvalue weighted by molar-refractivity contribution is 5.72. The third kappa shape index (κ3) is 4.46. The van der Waals surface area contributed by atoms with Gasteiger partial charge in [-0.1, -0.05) is 54.6 Å². The number of rotatable bonds is 4. The summed E-state index contributed by atoms with van der Waals surface area (Å²) < 4.78 is 69.7. The first-order valence-corrected chi connectivity index (χ1v) is 10.0. The average Bonchev–Trinajstić information content (AvgIpc) is 2.81. The third-order valence-electron chi connectivity index (χ3n) is 5.33. The van der Waals surface area contributed by atoms with Gasteiger partial charge in [-0.05, 0) is 34.9 Å². The molecule has 0 fully saturated rings. The van der Waals surface area contributed by atoms with Crippen LogP contribution >= 0.6 is 0 Å². The lowest BCUT2D eigenvalue weighted by molar-refractivity contribution is -0.137. The van der Waals surface area contributed by atoms with Crippen LogP contribution in [0.3, 0.4) is 0 Å². The molecule has 1 aromatic heterocycles. The number of nitrogens with zero attached hydrogens (tertiary/aromatic N) is 2. The van der Waals surface area contributed by atoms with Crippen molar-refractivity contribution in [3.8, 4) is 28.5 Å². The van der Waals surface area contributed by atoms with Crippen molar-refractivity contribution in [3.05, 3.63) is 118 Å². The first-order chi connectivity index (χ1) is 16.2. The molecule has 0 unspecified atom stereocenters. The van der Waals surface area contributed by atoms with Crippen molar-refractivity contribution < 1.29 is 22.0 Å².